The predicted molar refractivity (Wildman–Crippen MR) is 83.0 cm³/mol. The molecule has 2 unspecified atom stereocenters. The molecule has 3 rings (SSSR count). The lowest BCUT2D eigenvalue weighted by atomic mass is 9.88. The molecule has 0 bridgehead atoms. The summed E-state index contributed by atoms with van der Waals surface area (Å²) in [4.78, 5) is 4.44. The van der Waals surface area contributed by atoms with Gasteiger partial charge in [0.05, 0.1) is 18.2 Å². The van der Waals surface area contributed by atoms with Crippen LogP contribution in [0.15, 0.2) is 30.3 Å². The summed E-state index contributed by atoms with van der Waals surface area (Å²) in [7, 11) is 0. The van der Waals surface area contributed by atoms with E-state index >= 15 is 0 Å². The number of aromatic nitrogens is 1. The van der Waals surface area contributed by atoms with E-state index in [1.807, 2.05) is 18.2 Å². The van der Waals surface area contributed by atoms with E-state index in [1.165, 1.54) is 25.7 Å². The number of nitrogens with zero attached hydrogens (tertiary/aromatic N) is 1. The van der Waals surface area contributed by atoms with Crippen LogP contribution in [0, 0.1) is 5.92 Å². The summed E-state index contributed by atoms with van der Waals surface area (Å²) < 4.78 is 6.09. The Morgan fingerprint density at radius 2 is 2.05 bits per heavy atom. The van der Waals surface area contributed by atoms with Crippen LogP contribution in [0.25, 0.3) is 10.9 Å². The minimum Gasteiger partial charge on any atom is -0.373 e. The number of rotatable bonds is 3. The summed E-state index contributed by atoms with van der Waals surface area (Å²) in [6, 6.07) is 10.1. The van der Waals surface area contributed by atoms with Gasteiger partial charge in [-0.25, -0.2) is 4.98 Å². The molecule has 106 valence electrons. The molecule has 0 N–H and O–H groups in total. The van der Waals surface area contributed by atoms with Crippen molar-refractivity contribution in [1.82, 2.24) is 4.98 Å². The first-order valence-electron chi connectivity index (χ1n) is 7.40. The number of hydrogen-bond donors (Lipinski definition) is 0. The SMILES string of the molecule is CC1CCCCC1OCc1cc2ccccc2nc1Cl. The highest BCUT2D eigenvalue weighted by atomic mass is 35.5. The molecule has 1 fully saturated rings. The molecule has 2 atom stereocenters. The lowest BCUT2D eigenvalue weighted by Gasteiger charge is -2.28. The first kappa shape index (κ1) is 13.8. The average Bonchev–Trinajstić information content (AvgIpc) is 2.46. The molecule has 0 amide bonds. The van der Waals surface area contributed by atoms with E-state index in [2.05, 4.69) is 24.0 Å². The largest absolute Gasteiger partial charge is 0.373 e. The zero-order valence-corrected chi connectivity index (χ0v) is 12.6. The highest BCUT2D eigenvalue weighted by Gasteiger charge is 2.22. The van der Waals surface area contributed by atoms with E-state index in [1.54, 1.807) is 0 Å². The first-order valence-corrected chi connectivity index (χ1v) is 7.77. The van der Waals surface area contributed by atoms with Crippen molar-refractivity contribution in [3.8, 4) is 0 Å². The fraction of sp³-hybridized carbons (Fsp3) is 0.471. The third kappa shape index (κ3) is 2.97. The zero-order chi connectivity index (χ0) is 13.9. The lowest BCUT2D eigenvalue weighted by molar-refractivity contribution is -0.0154. The summed E-state index contributed by atoms with van der Waals surface area (Å²) in [6.07, 6.45) is 5.41. The molecule has 1 heterocycles. The predicted octanol–water partition coefficient (Wildman–Crippen LogP) is 4.98. The molecular weight excluding hydrogens is 270 g/mol. The molecule has 0 radical (unpaired) electrons. The van der Waals surface area contributed by atoms with Crippen LogP contribution in [0.3, 0.4) is 0 Å². The first-order chi connectivity index (χ1) is 9.74. The maximum Gasteiger partial charge on any atom is 0.135 e. The summed E-state index contributed by atoms with van der Waals surface area (Å²) in [5.74, 6) is 0.649. The van der Waals surface area contributed by atoms with E-state index in [-0.39, 0.29) is 0 Å². The van der Waals surface area contributed by atoms with E-state index < -0.39 is 0 Å². The van der Waals surface area contributed by atoms with Crippen LogP contribution in [0.4, 0.5) is 0 Å². The Morgan fingerprint density at radius 3 is 2.90 bits per heavy atom. The minimum atomic E-state index is 0.367. The number of pyridine rings is 1. The van der Waals surface area contributed by atoms with Crippen LogP contribution in [-0.4, -0.2) is 11.1 Å². The molecule has 3 heteroatoms. The topological polar surface area (TPSA) is 22.1 Å². The van der Waals surface area contributed by atoms with Crippen LogP contribution in [0.2, 0.25) is 5.15 Å². The second-order valence-electron chi connectivity index (χ2n) is 5.74. The van der Waals surface area contributed by atoms with Gasteiger partial charge in [-0.3, -0.25) is 0 Å². The van der Waals surface area contributed by atoms with Crippen LogP contribution >= 0.6 is 11.6 Å². The van der Waals surface area contributed by atoms with Gasteiger partial charge in [-0.05, 0) is 30.9 Å². The van der Waals surface area contributed by atoms with Crippen LogP contribution < -0.4 is 0 Å². The van der Waals surface area contributed by atoms with Gasteiger partial charge in [0.15, 0.2) is 0 Å². The number of hydrogen-bond acceptors (Lipinski definition) is 2. The smallest absolute Gasteiger partial charge is 0.135 e. The van der Waals surface area contributed by atoms with Gasteiger partial charge in [0, 0.05) is 10.9 Å². The number of ether oxygens (including phenoxy) is 1. The zero-order valence-electron chi connectivity index (χ0n) is 11.8. The normalized spacial score (nSPS) is 23.1. The minimum absolute atomic E-state index is 0.367. The van der Waals surface area contributed by atoms with Crippen LogP contribution in [0.1, 0.15) is 38.2 Å². The van der Waals surface area contributed by atoms with Crippen molar-refractivity contribution in [3.63, 3.8) is 0 Å². The van der Waals surface area contributed by atoms with Crippen molar-refractivity contribution in [2.75, 3.05) is 0 Å². The Labute approximate surface area is 125 Å². The Balaban J connectivity index is 1.75. The van der Waals surface area contributed by atoms with Crippen molar-refractivity contribution >= 4 is 22.5 Å². The highest BCUT2D eigenvalue weighted by molar-refractivity contribution is 6.30. The third-order valence-electron chi connectivity index (χ3n) is 4.24. The van der Waals surface area contributed by atoms with Gasteiger partial charge in [0.2, 0.25) is 0 Å². The molecule has 1 aliphatic carbocycles. The second-order valence-corrected chi connectivity index (χ2v) is 6.10. The number of fused-ring (bicyclic) bond motifs is 1. The summed E-state index contributed by atoms with van der Waals surface area (Å²) >= 11 is 6.27. The quantitative estimate of drug-likeness (QED) is 0.743. The number of para-hydroxylation sites is 1. The number of halogens is 1. The monoisotopic (exact) mass is 289 g/mol. The highest BCUT2D eigenvalue weighted by Crippen LogP contribution is 2.28. The van der Waals surface area contributed by atoms with Crippen LogP contribution in [0.5, 0.6) is 0 Å². The number of benzene rings is 1. The molecule has 0 spiro atoms. The fourth-order valence-electron chi connectivity index (χ4n) is 2.96. The average molecular weight is 290 g/mol. The summed E-state index contributed by atoms with van der Waals surface area (Å²) in [5.41, 5.74) is 1.93. The molecular formula is C17H20ClNO. The fourth-order valence-corrected chi connectivity index (χ4v) is 3.16. The molecule has 1 aromatic heterocycles. The second kappa shape index (κ2) is 6.11. The van der Waals surface area contributed by atoms with Crippen molar-refractivity contribution in [2.45, 2.75) is 45.3 Å². The van der Waals surface area contributed by atoms with Gasteiger partial charge in [-0.2, -0.15) is 0 Å². The van der Waals surface area contributed by atoms with Gasteiger partial charge >= 0.3 is 0 Å². The maximum atomic E-state index is 6.27. The van der Waals surface area contributed by atoms with E-state index in [0.717, 1.165) is 16.5 Å². The van der Waals surface area contributed by atoms with Gasteiger partial charge in [-0.15, -0.1) is 0 Å². The molecule has 20 heavy (non-hydrogen) atoms. The van der Waals surface area contributed by atoms with Crippen molar-refractivity contribution in [3.05, 3.63) is 41.0 Å². The van der Waals surface area contributed by atoms with E-state index in [4.69, 9.17) is 16.3 Å². The Hall–Kier alpha value is -1.12. The van der Waals surface area contributed by atoms with Crippen molar-refractivity contribution < 1.29 is 4.74 Å². The molecule has 2 aromatic rings. The van der Waals surface area contributed by atoms with E-state index in [9.17, 15) is 0 Å². The molecule has 0 saturated heterocycles. The lowest BCUT2D eigenvalue weighted by Crippen LogP contribution is -2.25. The molecule has 1 aliphatic rings. The van der Waals surface area contributed by atoms with Gasteiger partial charge < -0.3 is 4.74 Å². The van der Waals surface area contributed by atoms with Crippen molar-refractivity contribution in [1.29, 1.82) is 0 Å². The van der Waals surface area contributed by atoms with Crippen molar-refractivity contribution in [2.24, 2.45) is 5.92 Å². The molecule has 2 nitrogen and oxygen atoms in total. The Bertz CT molecular complexity index is 599. The molecule has 0 aliphatic heterocycles. The van der Waals surface area contributed by atoms with Gasteiger partial charge in [0.1, 0.15) is 5.15 Å². The van der Waals surface area contributed by atoms with Gasteiger partial charge in [0.25, 0.3) is 0 Å². The Morgan fingerprint density at radius 1 is 1.25 bits per heavy atom. The van der Waals surface area contributed by atoms with Gasteiger partial charge in [-0.1, -0.05) is 49.6 Å². The Kier molecular flexibility index (Phi) is 4.23. The third-order valence-corrected chi connectivity index (χ3v) is 4.56. The summed E-state index contributed by atoms with van der Waals surface area (Å²) in [6.45, 7) is 2.84. The van der Waals surface area contributed by atoms with Crippen LogP contribution in [-0.2, 0) is 11.3 Å². The standard InChI is InChI=1S/C17H20ClNO/c1-12-6-2-5-9-16(12)20-11-14-10-13-7-3-4-8-15(13)19-17(14)18/h3-4,7-8,10,12,16H,2,5-6,9,11H2,1H3. The molecule has 1 saturated carbocycles. The molecule has 1 aromatic carbocycles. The summed E-state index contributed by atoms with van der Waals surface area (Å²) in [5, 5.41) is 1.68. The maximum absolute atomic E-state index is 6.27. The van der Waals surface area contributed by atoms with E-state index in [0.29, 0.717) is 23.8 Å².